The van der Waals surface area contributed by atoms with E-state index < -0.39 is 0 Å². The van der Waals surface area contributed by atoms with Gasteiger partial charge in [-0.1, -0.05) is 122 Å². The zero-order valence-electron chi connectivity index (χ0n) is 80.2. The molecule has 3 amide bonds. The van der Waals surface area contributed by atoms with Crippen LogP contribution in [-0.4, -0.2) is 309 Å². The van der Waals surface area contributed by atoms with Crippen LogP contribution in [0.2, 0.25) is 5.02 Å². The van der Waals surface area contributed by atoms with Gasteiger partial charge in [-0.15, -0.1) is 0 Å². The lowest BCUT2D eigenvalue weighted by Gasteiger charge is -2.45. The molecule has 6 aromatic carbocycles. The van der Waals surface area contributed by atoms with Crippen molar-refractivity contribution in [1.29, 1.82) is 0 Å². The Bertz CT molecular complexity index is 6010. The Balaban J connectivity index is 0.000000149. The first-order chi connectivity index (χ1) is 66.5. The summed E-state index contributed by atoms with van der Waals surface area (Å²) in [6.07, 6.45) is 18.3. The van der Waals surface area contributed by atoms with Crippen molar-refractivity contribution in [2.24, 2.45) is 5.92 Å². The number of aryl methyl sites for hydroxylation is 1. The average molecular weight is 1920 g/mol. The summed E-state index contributed by atoms with van der Waals surface area (Å²) >= 11 is 6.74. The van der Waals surface area contributed by atoms with Gasteiger partial charge < -0.3 is 87.4 Å². The molecule has 2 bridgehead atoms. The molecule has 3 aromatic heterocycles. The van der Waals surface area contributed by atoms with Crippen LogP contribution in [-0.2, 0) is 58.0 Å². The van der Waals surface area contributed by atoms with Crippen LogP contribution >= 0.6 is 38.6 Å². The molecular weight excluding hydrogens is 1790 g/mol. The topological polar surface area (TPSA) is 221 Å². The maximum absolute atomic E-state index is 13.4. The van der Waals surface area contributed by atoms with E-state index in [9.17, 15) is 14.4 Å². The van der Waals surface area contributed by atoms with Crippen molar-refractivity contribution in [3.05, 3.63) is 231 Å². The molecule has 1 saturated carbocycles. The summed E-state index contributed by atoms with van der Waals surface area (Å²) < 4.78 is 24.4. The summed E-state index contributed by atoms with van der Waals surface area (Å²) in [7, 11) is 4.29. The molecule has 7 saturated heterocycles. The molecule has 32 heteroatoms. The molecule has 1 aliphatic carbocycles. The van der Waals surface area contributed by atoms with Gasteiger partial charge in [-0.2, -0.15) is 56.9 Å². The van der Waals surface area contributed by atoms with Gasteiger partial charge in [0, 0.05) is 185 Å². The summed E-state index contributed by atoms with van der Waals surface area (Å²) in [5, 5.41) is 7.88. The fraction of sp³-hybridized carbons (Fsp3) is 0.491. The van der Waals surface area contributed by atoms with Crippen LogP contribution in [0, 0.1) is 32.6 Å². The summed E-state index contributed by atoms with van der Waals surface area (Å²) in [6.45, 7) is 54.0. The SMILES string of the molecule is S.S.[C-]#[N+]C[C@H]1CN(c2nc(OCCCN3C[C@H]4CC[C@@H]3C4)nc3c2CCN(c2cccc4cccc(C)c24)C3)CCN1C(=O)C=C.[C-]#[N+]C[C@H]1CN(c2nc(OC[C@@H]3CCCN3C)nc3c2CCN(c2cccc4cccc(Cl)c24)C3)CCN1C(=O)/C=C/CN1CCOCC1.[C-]#[N+]C[C@H]1CN(c2nc(OC[C@@H]3CCCN3C)nc3c2CCN(c2cccc4ccccc24)C3)[C@@H](C)CN1C(=O)C=C. The zero-order valence-corrected chi connectivity index (χ0v) is 82.9. The molecule has 9 aromatic rings. The van der Waals surface area contributed by atoms with Gasteiger partial charge in [-0.25, -0.2) is 19.7 Å². The summed E-state index contributed by atoms with van der Waals surface area (Å²) in [4.78, 5) is 109. The minimum atomic E-state index is -0.244. The molecule has 13 heterocycles. The minimum absolute atomic E-state index is 0. The number of piperazine rings is 3. The Morgan fingerprint density at radius 2 is 0.993 bits per heavy atom. The number of hydrogen-bond acceptors (Lipinski definition) is 23. The fourth-order valence-electron chi connectivity index (χ4n) is 22.5. The molecular formula is C106H131ClN22O7S2. The second kappa shape index (κ2) is 46.0. The van der Waals surface area contributed by atoms with Crippen molar-refractivity contribution in [1.82, 2.24) is 64.2 Å². The number of likely N-dealkylation sites (tertiary alicyclic amines) is 3. The van der Waals surface area contributed by atoms with Crippen LogP contribution in [0.1, 0.15) is 97.6 Å². The lowest BCUT2D eigenvalue weighted by atomic mass is 9.99. The Morgan fingerprint density at radius 1 is 0.500 bits per heavy atom. The number of carbonyl (C=O) groups is 3. The van der Waals surface area contributed by atoms with Crippen molar-refractivity contribution in [2.45, 2.75) is 146 Å². The van der Waals surface area contributed by atoms with Crippen LogP contribution in [0.25, 0.3) is 46.9 Å². The van der Waals surface area contributed by atoms with Crippen molar-refractivity contribution < 1.29 is 33.3 Å². The van der Waals surface area contributed by atoms with Crippen LogP contribution < -0.4 is 43.6 Å². The third-order valence-corrected chi connectivity index (χ3v) is 30.1. The highest BCUT2D eigenvalue weighted by molar-refractivity contribution is 7.59. The Labute approximate surface area is 831 Å². The molecule has 8 fully saturated rings. The first-order valence-corrected chi connectivity index (χ1v) is 49.3. The van der Waals surface area contributed by atoms with Gasteiger partial charge in [0.2, 0.25) is 37.4 Å². The summed E-state index contributed by atoms with van der Waals surface area (Å²) in [5.41, 5.74) is 11.1. The van der Waals surface area contributed by atoms with E-state index in [1.54, 1.807) is 15.9 Å². The number of likely N-dealkylation sites (N-methyl/N-ethyl adjacent to an activating group) is 2. The number of carbonyl (C=O) groups excluding carboxylic acids is 3. The second-order valence-corrected chi connectivity index (χ2v) is 38.6. The van der Waals surface area contributed by atoms with E-state index in [0.717, 1.165) is 202 Å². The number of ether oxygens (including phenoxy) is 4. The third-order valence-electron chi connectivity index (χ3n) is 29.8. The number of nitrogens with zero attached hydrogens (tertiary/aromatic N) is 22. The normalized spacial score (nSPS) is 22.2. The molecule has 0 N–H and O–H groups in total. The van der Waals surface area contributed by atoms with Crippen molar-refractivity contribution in [3.63, 3.8) is 0 Å². The van der Waals surface area contributed by atoms with E-state index in [4.69, 9.17) is 80.2 Å². The Morgan fingerprint density at radius 3 is 1.54 bits per heavy atom. The predicted molar refractivity (Wildman–Crippen MR) is 557 cm³/mol. The van der Waals surface area contributed by atoms with Crippen LogP contribution in [0.4, 0.5) is 34.5 Å². The number of hydrogen-bond donors (Lipinski definition) is 0. The number of halogens is 1. The molecule has 0 radical (unpaired) electrons. The van der Waals surface area contributed by atoms with Gasteiger partial charge in [0.15, 0.2) is 0 Å². The molecule has 138 heavy (non-hydrogen) atoms. The quantitative estimate of drug-likeness (QED) is 0.0295. The first kappa shape index (κ1) is 99.4. The number of piperidine rings is 1. The summed E-state index contributed by atoms with van der Waals surface area (Å²) in [5.74, 6) is 3.23. The number of fused-ring (bicyclic) bond motifs is 8. The van der Waals surface area contributed by atoms with Crippen LogP contribution in [0.5, 0.6) is 18.0 Å². The molecule has 29 nitrogen and oxygen atoms in total. The van der Waals surface area contributed by atoms with Gasteiger partial charge in [-0.05, 0) is 176 Å². The predicted octanol–water partition coefficient (Wildman–Crippen LogP) is 13.4. The molecule has 0 spiro atoms. The third kappa shape index (κ3) is 22.3. The van der Waals surface area contributed by atoms with Gasteiger partial charge in [0.1, 0.15) is 48.8 Å². The van der Waals surface area contributed by atoms with Crippen LogP contribution in [0.3, 0.4) is 0 Å². The van der Waals surface area contributed by atoms with Crippen molar-refractivity contribution in [3.8, 4) is 18.0 Å². The average Bonchev–Trinajstić information content (AvgIpc) is 0.843. The number of aromatic nitrogens is 6. The number of morpholine rings is 1. The standard InChI is InChI=1S/C37H45ClN8O3.C36H43N7O2.C33H39N7O2.2H2S/c1-39-23-29-24-45(17-18-46(29)34(47)12-6-15-43-19-21-48-22-20-43)36-30-13-16-44(33-11-4-8-27-7-3-10-31(38)35(27)33)25-32(30)40-37(41-36)49-26-28-9-5-14-42(28)2;1-4-33(44)43-18-17-42(23-29(43)21-37-3)35-30-14-16-41(32-11-6-10-27-9-5-8-25(2)34(27)32)24-31(30)38-36(39-35)45-19-7-15-40-22-26-12-13-28(40)20-26;1-5-31(41)40-19-23(2)39(20-26(40)18-34-3)32-28-15-17-38(30-14-8-11-24-10-6-7-13-27(24)30)21-29(28)35-33(36-32)42-22-25-12-9-16-37(25)4;;/h3-4,6-8,10-12,28-29H,5,9,13-26H2,2H3;4-6,8-11,26,28-29H,1,7,12-24H2,2H3;5-8,10-11,13-14,23,25-26H,1,9,12,15-22H2,2,4H3;2*1H2/b12-6+;;;;/t28-,29-;26-,28+,29-;23-,25-,26-;;/m000../s1. The molecule has 20 rings (SSSR count). The van der Waals surface area contributed by atoms with E-state index in [2.05, 4.69) is 208 Å². The number of rotatable bonds is 25. The maximum atomic E-state index is 13.4. The Kier molecular flexibility index (Phi) is 33.2. The minimum Gasteiger partial charge on any atom is -0.463 e. The maximum Gasteiger partial charge on any atom is 0.318 e. The van der Waals surface area contributed by atoms with Gasteiger partial charge in [0.05, 0.1) is 61.6 Å². The molecule has 0 unspecified atom stereocenters. The van der Waals surface area contributed by atoms with Crippen molar-refractivity contribution in [2.75, 3.05) is 214 Å². The van der Waals surface area contributed by atoms with E-state index >= 15 is 0 Å². The lowest BCUT2D eigenvalue weighted by molar-refractivity contribution is -0.129. The van der Waals surface area contributed by atoms with Crippen molar-refractivity contribution >= 4 is 123 Å². The first-order valence-electron chi connectivity index (χ1n) is 49.0. The van der Waals surface area contributed by atoms with Gasteiger partial charge in [-0.3, -0.25) is 24.2 Å². The zero-order chi connectivity index (χ0) is 93.9. The van der Waals surface area contributed by atoms with Gasteiger partial charge in [0.25, 0.3) is 0 Å². The van der Waals surface area contributed by atoms with E-state index in [0.29, 0.717) is 122 Å². The van der Waals surface area contributed by atoms with E-state index in [1.807, 2.05) is 23.1 Å². The van der Waals surface area contributed by atoms with Crippen LogP contribution in [0.15, 0.2) is 153 Å². The highest BCUT2D eigenvalue weighted by Gasteiger charge is 2.43. The fourth-order valence-corrected chi connectivity index (χ4v) is 22.7. The van der Waals surface area contributed by atoms with E-state index in [-0.39, 0.29) is 88.5 Å². The number of amides is 3. The monoisotopic (exact) mass is 1920 g/mol. The smallest absolute Gasteiger partial charge is 0.318 e. The Hall–Kier alpha value is -11.6. The molecule has 11 aliphatic rings. The molecule has 10 aliphatic heterocycles. The summed E-state index contributed by atoms with van der Waals surface area (Å²) in [6, 6.07) is 42.3. The lowest BCUT2D eigenvalue weighted by Crippen LogP contribution is -2.60. The number of anilines is 6. The highest BCUT2D eigenvalue weighted by atomic mass is 35.5. The van der Waals surface area contributed by atoms with Gasteiger partial charge >= 0.3 is 18.0 Å². The number of benzene rings is 6. The molecule has 8 atom stereocenters. The second-order valence-electron chi connectivity index (χ2n) is 38.2. The highest BCUT2D eigenvalue weighted by Crippen LogP contribution is 2.43. The van der Waals surface area contributed by atoms with E-state index in [1.165, 1.54) is 82.9 Å². The largest absolute Gasteiger partial charge is 0.463 e. The molecule has 726 valence electrons.